The van der Waals surface area contributed by atoms with E-state index in [1.807, 2.05) is 6.07 Å². The SMILES string of the molecule is N#Cc1cccc(NC(=O)OCCO)c1. The number of rotatable bonds is 3. The van der Waals surface area contributed by atoms with Crippen molar-refractivity contribution in [2.45, 2.75) is 0 Å². The van der Waals surface area contributed by atoms with Crippen molar-refractivity contribution in [3.63, 3.8) is 0 Å². The fourth-order valence-electron chi connectivity index (χ4n) is 0.959. The Bertz CT molecular complexity index is 384. The number of nitrogens with one attached hydrogen (secondary N) is 1. The third-order valence-corrected chi connectivity index (χ3v) is 1.56. The van der Waals surface area contributed by atoms with Crippen LogP contribution >= 0.6 is 0 Å². The number of aliphatic hydroxyl groups excluding tert-OH is 1. The zero-order valence-corrected chi connectivity index (χ0v) is 7.93. The number of hydrogen-bond acceptors (Lipinski definition) is 4. The summed E-state index contributed by atoms with van der Waals surface area (Å²) in [7, 11) is 0. The van der Waals surface area contributed by atoms with Crippen molar-refractivity contribution in [3.05, 3.63) is 29.8 Å². The molecule has 0 radical (unpaired) electrons. The number of amides is 1. The molecule has 1 amide bonds. The zero-order chi connectivity index (χ0) is 11.1. The lowest BCUT2D eigenvalue weighted by atomic mass is 10.2. The van der Waals surface area contributed by atoms with Crippen LogP contribution in [0.25, 0.3) is 0 Å². The summed E-state index contributed by atoms with van der Waals surface area (Å²) in [6.07, 6.45) is -0.654. The van der Waals surface area contributed by atoms with Gasteiger partial charge in [0.15, 0.2) is 0 Å². The maximum absolute atomic E-state index is 11.0. The molecule has 5 nitrogen and oxygen atoms in total. The molecule has 0 unspecified atom stereocenters. The van der Waals surface area contributed by atoms with Gasteiger partial charge in [0, 0.05) is 5.69 Å². The number of nitrogens with zero attached hydrogens (tertiary/aromatic N) is 1. The molecule has 5 heteroatoms. The molecule has 0 fully saturated rings. The van der Waals surface area contributed by atoms with Gasteiger partial charge in [-0.25, -0.2) is 4.79 Å². The van der Waals surface area contributed by atoms with Gasteiger partial charge in [-0.15, -0.1) is 0 Å². The van der Waals surface area contributed by atoms with E-state index >= 15 is 0 Å². The second kappa shape index (κ2) is 5.62. The number of aliphatic hydroxyl groups is 1. The zero-order valence-electron chi connectivity index (χ0n) is 7.93. The van der Waals surface area contributed by atoms with Gasteiger partial charge in [-0.05, 0) is 18.2 Å². The summed E-state index contributed by atoms with van der Waals surface area (Å²) in [4.78, 5) is 11.0. The molecule has 0 heterocycles. The molecule has 0 aliphatic rings. The van der Waals surface area contributed by atoms with E-state index in [2.05, 4.69) is 10.1 Å². The monoisotopic (exact) mass is 206 g/mol. The summed E-state index contributed by atoms with van der Waals surface area (Å²) in [5.74, 6) is 0. The number of nitriles is 1. The fourth-order valence-corrected chi connectivity index (χ4v) is 0.959. The molecule has 0 spiro atoms. The second-order valence-electron chi connectivity index (χ2n) is 2.68. The Kier molecular flexibility index (Phi) is 4.13. The quantitative estimate of drug-likeness (QED) is 0.775. The van der Waals surface area contributed by atoms with Crippen LogP contribution in [0.1, 0.15) is 5.56 Å². The van der Waals surface area contributed by atoms with Crippen molar-refractivity contribution in [2.75, 3.05) is 18.5 Å². The summed E-state index contributed by atoms with van der Waals surface area (Å²) in [6, 6.07) is 8.40. The predicted octanol–water partition coefficient (Wildman–Crippen LogP) is 1.10. The number of ether oxygens (including phenoxy) is 1. The van der Waals surface area contributed by atoms with Crippen LogP contribution in [0.4, 0.5) is 10.5 Å². The molecular formula is C10H10N2O3. The second-order valence-corrected chi connectivity index (χ2v) is 2.68. The van der Waals surface area contributed by atoms with Gasteiger partial charge in [-0.1, -0.05) is 6.07 Å². The Hall–Kier alpha value is -2.06. The molecule has 0 aromatic heterocycles. The lowest BCUT2D eigenvalue weighted by Crippen LogP contribution is -2.15. The summed E-state index contributed by atoms with van der Waals surface area (Å²) < 4.78 is 4.59. The molecule has 78 valence electrons. The minimum absolute atomic E-state index is 0.0518. The highest BCUT2D eigenvalue weighted by Crippen LogP contribution is 2.09. The van der Waals surface area contributed by atoms with Gasteiger partial charge in [-0.3, -0.25) is 5.32 Å². The molecule has 1 rings (SSSR count). The Balaban J connectivity index is 2.57. The van der Waals surface area contributed by atoms with E-state index < -0.39 is 6.09 Å². The number of carbonyl (C=O) groups is 1. The molecule has 15 heavy (non-hydrogen) atoms. The third kappa shape index (κ3) is 3.67. The summed E-state index contributed by atoms with van der Waals surface area (Å²) in [5.41, 5.74) is 0.937. The minimum atomic E-state index is -0.654. The van der Waals surface area contributed by atoms with Crippen LogP contribution < -0.4 is 5.32 Å². The van der Waals surface area contributed by atoms with Crippen LogP contribution in [-0.4, -0.2) is 24.4 Å². The van der Waals surface area contributed by atoms with Crippen LogP contribution in [0, 0.1) is 11.3 Å². The van der Waals surface area contributed by atoms with E-state index in [-0.39, 0.29) is 13.2 Å². The Morgan fingerprint density at radius 3 is 3.07 bits per heavy atom. The molecule has 1 aromatic rings. The molecular weight excluding hydrogens is 196 g/mol. The van der Waals surface area contributed by atoms with Crippen LogP contribution in [0.3, 0.4) is 0 Å². The van der Waals surface area contributed by atoms with Gasteiger partial charge in [-0.2, -0.15) is 5.26 Å². The largest absolute Gasteiger partial charge is 0.447 e. The molecule has 0 saturated carbocycles. The standard InChI is InChI=1S/C10H10N2O3/c11-7-8-2-1-3-9(6-8)12-10(14)15-5-4-13/h1-3,6,13H,4-5H2,(H,12,14). The van der Waals surface area contributed by atoms with E-state index in [1.54, 1.807) is 18.2 Å². The molecule has 0 bridgehead atoms. The number of carbonyl (C=O) groups excluding carboxylic acids is 1. The summed E-state index contributed by atoms with van der Waals surface area (Å²) in [5, 5.41) is 19.5. The molecule has 2 N–H and O–H groups in total. The van der Waals surface area contributed by atoms with Gasteiger partial charge in [0.1, 0.15) is 6.61 Å². The highest BCUT2D eigenvalue weighted by Gasteiger charge is 2.02. The highest BCUT2D eigenvalue weighted by atomic mass is 16.6. The lowest BCUT2D eigenvalue weighted by Gasteiger charge is -2.05. The molecule has 0 atom stereocenters. The Labute approximate surface area is 86.9 Å². The van der Waals surface area contributed by atoms with Crippen molar-refractivity contribution in [1.29, 1.82) is 5.26 Å². The first-order valence-electron chi connectivity index (χ1n) is 4.31. The van der Waals surface area contributed by atoms with Crippen molar-refractivity contribution in [2.24, 2.45) is 0 Å². The third-order valence-electron chi connectivity index (χ3n) is 1.56. The van der Waals surface area contributed by atoms with Crippen LogP contribution in [0.2, 0.25) is 0 Å². The Morgan fingerprint density at radius 1 is 1.60 bits per heavy atom. The maximum Gasteiger partial charge on any atom is 0.411 e. The molecule has 0 saturated heterocycles. The molecule has 1 aromatic carbocycles. The van der Waals surface area contributed by atoms with Crippen LogP contribution in [-0.2, 0) is 4.74 Å². The van der Waals surface area contributed by atoms with Gasteiger partial charge in [0.05, 0.1) is 18.2 Å². The van der Waals surface area contributed by atoms with Crippen molar-refractivity contribution >= 4 is 11.8 Å². The first-order valence-corrected chi connectivity index (χ1v) is 4.31. The lowest BCUT2D eigenvalue weighted by molar-refractivity contribution is 0.131. The number of anilines is 1. The maximum atomic E-state index is 11.0. The smallest absolute Gasteiger partial charge is 0.411 e. The fraction of sp³-hybridized carbons (Fsp3) is 0.200. The van der Waals surface area contributed by atoms with E-state index in [9.17, 15) is 4.79 Å². The first kappa shape index (κ1) is 11.0. The predicted molar refractivity (Wildman–Crippen MR) is 53.2 cm³/mol. The van der Waals surface area contributed by atoms with Crippen LogP contribution in [0.5, 0.6) is 0 Å². The highest BCUT2D eigenvalue weighted by molar-refractivity contribution is 5.84. The van der Waals surface area contributed by atoms with Crippen molar-refractivity contribution < 1.29 is 14.6 Å². The minimum Gasteiger partial charge on any atom is -0.447 e. The first-order chi connectivity index (χ1) is 7.26. The number of hydrogen-bond donors (Lipinski definition) is 2. The van der Waals surface area contributed by atoms with Crippen LogP contribution in [0.15, 0.2) is 24.3 Å². The van der Waals surface area contributed by atoms with Gasteiger partial charge in [0.2, 0.25) is 0 Å². The van der Waals surface area contributed by atoms with Gasteiger partial charge >= 0.3 is 6.09 Å². The van der Waals surface area contributed by atoms with E-state index in [0.717, 1.165) is 0 Å². The van der Waals surface area contributed by atoms with Gasteiger partial charge < -0.3 is 9.84 Å². The molecule has 0 aliphatic carbocycles. The average molecular weight is 206 g/mol. The van der Waals surface area contributed by atoms with Crippen molar-refractivity contribution in [3.8, 4) is 6.07 Å². The van der Waals surface area contributed by atoms with E-state index in [4.69, 9.17) is 10.4 Å². The summed E-state index contributed by atoms with van der Waals surface area (Å²) in [6.45, 7) is -0.268. The average Bonchev–Trinajstić information content (AvgIpc) is 2.26. The topological polar surface area (TPSA) is 82.4 Å². The van der Waals surface area contributed by atoms with E-state index in [1.165, 1.54) is 6.07 Å². The Morgan fingerprint density at radius 2 is 2.40 bits per heavy atom. The number of benzene rings is 1. The van der Waals surface area contributed by atoms with E-state index in [0.29, 0.717) is 11.3 Å². The van der Waals surface area contributed by atoms with Crippen molar-refractivity contribution in [1.82, 2.24) is 0 Å². The normalized spacial score (nSPS) is 9.07. The summed E-state index contributed by atoms with van der Waals surface area (Å²) >= 11 is 0. The molecule has 0 aliphatic heterocycles. The van der Waals surface area contributed by atoms with Gasteiger partial charge in [0.25, 0.3) is 0 Å².